The molecule has 0 unspecified atom stereocenters. The summed E-state index contributed by atoms with van der Waals surface area (Å²) < 4.78 is 10.5. The first-order valence-corrected chi connectivity index (χ1v) is 10.5. The van der Waals surface area contributed by atoms with Crippen LogP contribution in [0.5, 0.6) is 5.75 Å². The standard InChI is InChI=1S/C21H32N4O6/c1-15(2)31-12-4-9-22-21(27)16-7-10-24(11-8-16)14-20(26)23-18-6-5-17(30-3)13-19(18)25(28)29/h5-6,13,15-16H,4,7-12,14H2,1-3H3,(H,22,27)(H,23,26). The highest BCUT2D eigenvalue weighted by Gasteiger charge is 2.26. The Balaban J connectivity index is 1.74. The summed E-state index contributed by atoms with van der Waals surface area (Å²) in [6.07, 6.45) is 2.31. The second-order valence-corrected chi connectivity index (χ2v) is 7.80. The first-order chi connectivity index (χ1) is 14.8. The fourth-order valence-corrected chi connectivity index (χ4v) is 3.39. The number of carbonyl (C=O) groups excluding carboxylic acids is 2. The van der Waals surface area contributed by atoms with Crippen molar-refractivity contribution < 1.29 is 24.0 Å². The molecular formula is C21H32N4O6. The molecule has 172 valence electrons. The van der Waals surface area contributed by atoms with E-state index in [-0.39, 0.29) is 41.8 Å². The number of carbonyl (C=O) groups is 2. The van der Waals surface area contributed by atoms with Crippen molar-refractivity contribution in [3.8, 4) is 5.75 Å². The number of hydrogen-bond acceptors (Lipinski definition) is 7. The van der Waals surface area contributed by atoms with Gasteiger partial charge in [0.05, 0.1) is 30.7 Å². The topological polar surface area (TPSA) is 123 Å². The number of amides is 2. The Morgan fingerprint density at radius 2 is 2.00 bits per heavy atom. The smallest absolute Gasteiger partial charge is 0.296 e. The van der Waals surface area contributed by atoms with E-state index in [0.29, 0.717) is 44.8 Å². The molecule has 2 rings (SSSR count). The molecule has 1 aliphatic rings. The van der Waals surface area contributed by atoms with Gasteiger partial charge >= 0.3 is 0 Å². The highest BCUT2D eigenvalue weighted by atomic mass is 16.6. The van der Waals surface area contributed by atoms with Gasteiger partial charge in [0.1, 0.15) is 11.4 Å². The average Bonchev–Trinajstić information content (AvgIpc) is 2.73. The van der Waals surface area contributed by atoms with Gasteiger partial charge in [0.15, 0.2) is 0 Å². The number of nitrogens with one attached hydrogen (secondary N) is 2. The molecule has 0 spiro atoms. The minimum atomic E-state index is -0.558. The van der Waals surface area contributed by atoms with Gasteiger partial charge in [-0.1, -0.05) is 0 Å². The first-order valence-electron chi connectivity index (χ1n) is 10.5. The second-order valence-electron chi connectivity index (χ2n) is 7.80. The molecule has 31 heavy (non-hydrogen) atoms. The van der Waals surface area contributed by atoms with Crippen LogP contribution in [-0.2, 0) is 14.3 Å². The summed E-state index contributed by atoms with van der Waals surface area (Å²) in [7, 11) is 1.42. The molecule has 2 N–H and O–H groups in total. The Morgan fingerprint density at radius 3 is 2.61 bits per heavy atom. The van der Waals surface area contributed by atoms with Crippen LogP contribution in [0.25, 0.3) is 0 Å². The number of nitrogens with zero attached hydrogens (tertiary/aromatic N) is 2. The Labute approximate surface area is 182 Å². The van der Waals surface area contributed by atoms with E-state index in [4.69, 9.17) is 9.47 Å². The third kappa shape index (κ3) is 8.14. The second kappa shape index (κ2) is 12.2. The highest BCUT2D eigenvalue weighted by molar-refractivity contribution is 5.94. The summed E-state index contributed by atoms with van der Waals surface area (Å²) in [5.41, 5.74) is -0.0895. The number of anilines is 1. The summed E-state index contributed by atoms with van der Waals surface area (Å²) in [5.74, 6) is -0.00525. The van der Waals surface area contributed by atoms with Gasteiger partial charge in [0.2, 0.25) is 11.8 Å². The van der Waals surface area contributed by atoms with Gasteiger partial charge in [0.25, 0.3) is 5.69 Å². The molecule has 1 fully saturated rings. The van der Waals surface area contributed by atoms with Crippen LogP contribution in [0.1, 0.15) is 33.1 Å². The zero-order chi connectivity index (χ0) is 22.8. The predicted molar refractivity (Wildman–Crippen MR) is 116 cm³/mol. The number of ether oxygens (including phenoxy) is 2. The van der Waals surface area contributed by atoms with E-state index in [0.717, 1.165) is 6.42 Å². The number of benzene rings is 1. The lowest BCUT2D eigenvalue weighted by Crippen LogP contribution is -2.43. The maximum Gasteiger partial charge on any atom is 0.296 e. The molecule has 0 atom stereocenters. The van der Waals surface area contributed by atoms with Crippen molar-refractivity contribution in [1.29, 1.82) is 0 Å². The lowest BCUT2D eigenvalue weighted by molar-refractivity contribution is -0.384. The molecule has 0 aliphatic carbocycles. The van der Waals surface area contributed by atoms with Crippen molar-refractivity contribution in [2.75, 3.05) is 45.2 Å². The number of nitro benzene ring substituents is 1. The summed E-state index contributed by atoms with van der Waals surface area (Å²) in [4.78, 5) is 37.3. The SMILES string of the molecule is COc1ccc(NC(=O)CN2CCC(C(=O)NCCCOC(C)C)CC2)c([N+](=O)[O-])c1. The van der Waals surface area contributed by atoms with Gasteiger partial charge in [-0.05, 0) is 58.3 Å². The number of likely N-dealkylation sites (tertiary alicyclic amines) is 1. The monoisotopic (exact) mass is 436 g/mol. The molecule has 1 saturated heterocycles. The normalized spacial score (nSPS) is 15.0. The van der Waals surface area contributed by atoms with Gasteiger partial charge in [-0.3, -0.25) is 24.6 Å². The number of methoxy groups -OCH3 is 1. The van der Waals surface area contributed by atoms with Crippen LogP contribution in [0.4, 0.5) is 11.4 Å². The number of hydrogen-bond donors (Lipinski definition) is 2. The fraction of sp³-hybridized carbons (Fsp3) is 0.619. The van der Waals surface area contributed by atoms with E-state index in [9.17, 15) is 19.7 Å². The quantitative estimate of drug-likeness (QED) is 0.310. The summed E-state index contributed by atoms with van der Waals surface area (Å²) >= 11 is 0. The van der Waals surface area contributed by atoms with E-state index in [1.807, 2.05) is 18.7 Å². The molecular weight excluding hydrogens is 404 g/mol. The summed E-state index contributed by atoms with van der Waals surface area (Å²) in [6, 6.07) is 4.29. The molecule has 1 aromatic carbocycles. The zero-order valence-electron chi connectivity index (χ0n) is 18.4. The maximum absolute atomic E-state index is 12.4. The minimum absolute atomic E-state index is 0.0440. The van der Waals surface area contributed by atoms with Gasteiger partial charge in [-0.15, -0.1) is 0 Å². The van der Waals surface area contributed by atoms with Crippen molar-refractivity contribution in [1.82, 2.24) is 10.2 Å². The van der Waals surface area contributed by atoms with E-state index < -0.39 is 4.92 Å². The lowest BCUT2D eigenvalue weighted by Gasteiger charge is -2.30. The molecule has 0 radical (unpaired) electrons. The molecule has 1 aliphatic heterocycles. The van der Waals surface area contributed by atoms with Crippen LogP contribution in [0.2, 0.25) is 0 Å². The predicted octanol–water partition coefficient (Wildman–Crippen LogP) is 2.19. The van der Waals surface area contributed by atoms with Gasteiger partial charge in [0, 0.05) is 19.1 Å². The van der Waals surface area contributed by atoms with Crippen molar-refractivity contribution in [3.63, 3.8) is 0 Å². The van der Waals surface area contributed by atoms with Gasteiger partial charge < -0.3 is 20.1 Å². The molecule has 1 aromatic rings. The highest BCUT2D eigenvalue weighted by Crippen LogP contribution is 2.29. The molecule has 0 aromatic heterocycles. The van der Waals surface area contributed by atoms with E-state index in [2.05, 4.69) is 10.6 Å². The van der Waals surface area contributed by atoms with E-state index >= 15 is 0 Å². The molecule has 0 bridgehead atoms. The average molecular weight is 437 g/mol. The van der Waals surface area contributed by atoms with Crippen LogP contribution in [0.3, 0.4) is 0 Å². The first kappa shape index (κ1) is 24.5. The van der Waals surface area contributed by atoms with E-state index in [1.165, 1.54) is 19.2 Å². The summed E-state index contributed by atoms with van der Waals surface area (Å²) in [6.45, 7) is 6.52. The lowest BCUT2D eigenvalue weighted by atomic mass is 9.96. The van der Waals surface area contributed by atoms with Crippen LogP contribution in [0.15, 0.2) is 18.2 Å². The summed E-state index contributed by atoms with van der Waals surface area (Å²) in [5, 5.41) is 16.8. The van der Waals surface area contributed by atoms with Crippen molar-refractivity contribution in [3.05, 3.63) is 28.3 Å². The van der Waals surface area contributed by atoms with Crippen molar-refractivity contribution in [2.45, 2.75) is 39.2 Å². The van der Waals surface area contributed by atoms with Crippen LogP contribution in [-0.4, -0.2) is 67.6 Å². The number of nitro groups is 1. The van der Waals surface area contributed by atoms with Crippen molar-refractivity contribution >= 4 is 23.2 Å². The van der Waals surface area contributed by atoms with E-state index in [1.54, 1.807) is 6.07 Å². The van der Waals surface area contributed by atoms with Gasteiger partial charge in [-0.25, -0.2) is 0 Å². The molecule has 1 heterocycles. The maximum atomic E-state index is 12.4. The third-order valence-electron chi connectivity index (χ3n) is 5.07. The molecule has 2 amide bonds. The van der Waals surface area contributed by atoms with Gasteiger partial charge in [-0.2, -0.15) is 0 Å². The fourth-order valence-electron chi connectivity index (χ4n) is 3.39. The number of rotatable bonds is 11. The Morgan fingerprint density at radius 1 is 1.29 bits per heavy atom. The van der Waals surface area contributed by atoms with Crippen LogP contribution < -0.4 is 15.4 Å². The molecule has 10 heteroatoms. The Bertz CT molecular complexity index is 762. The molecule has 10 nitrogen and oxygen atoms in total. The minimum Gasteiger partial charge on any atom is -0.496 e. The Hall–Kier alpha value is -2.72. The van der Waals surface area contributed by atoms with Crippen LogP contribution >= 0.6 is 0 Å². The third-order valence-corrected chi connectivity index (χ3v) is 5.07. The van der Waals surface area contributed by atoms with Crippen LogP contribution in [0, 0.1) is 16.0 Å². The van der Waals surface area contributed by atoms with Crippen molar-refractivity contribution in [2.24, 2.45) is 5.92 Å². The molecule has 0 saturated carbocycles. The zero-order valence-corrected chi connectivity index (χ0v) is 18.4. The Kier molecular flexibility index (Phi) is 9.67. The number of piperidine rings is 1. The largest absolute Gasteiger partial charge is 0.496 e.